The monoisotopic (exact) mass is 287 g/mol. The highest BCUT2D eigenvalue weighted by Gasteiger charge is 2.23. The van der Waals surface area contributed by atoms with E-state index in [2.05, 4.69) is 12.2 Å². The smallest absolute Gasteiger partial charge is 0.0897 e. The predicted molar refractivity (Wildman–Crippen MR) is 81.7 cm³/mol. The second-order valence-corrected chi connectivity index (χ2v) is 7.26. The van der Waals surface area contributed by atoms with Crippen molar-refractivity contribution in [3.05, 3.63) is 0 Å². The lowest BCUT2D eigenvalue weighted by Gasteiger charge is -2.30. The quantitative estimate of drug-likeness (QED) is 0.787. The van der Waals surface area contributed by atoms with Crippen molar-refractivity contribution < 1.29 is 9.84 Å². The number of rotatable bonds is 6. The molecule has 4 heteroatoms. The summed E-state index contributed by atoms with van der Waals surface area (Å²) >= 11 is 2.02. The second kappa shape index (κ2) is 8.50. The molecule has 0 aromatic rings. The van der Waals surface area contributed by atoms with E-state index in [1.54, 1.807) is 0 Å². The standard InChI is InChI=1S/C15H29NO2S/c1-12-5-2-3-7-15(12)18-10-14(17)9-16-13-6-4-8-19-11-13/h12-17H,2-11H2,1H3. The van der Waals surface area contributed by atoms with Gasteiger partial charge < -0.3 is 15.2 Å². The number of thioether (sulfide) groups is 1. The van der Waals surface area contributed by atoms with Crippen LogP contribution in [-0.2, 0) is 4.74 Å². The molecule has 4 atom stereocenters. The molecule has 1 heterocycles. The zero-order valence-electron chi connectivity index (χ0n) is 12.1. The molecule has 1 aliphatic heterocycles. The van der Waals surface area contributed by atoms with Gasteiger partial charge in [-0.2, -0.15) is 11.8 Å². The summed E-state index contributed by atoms with van der Waals surface area (Å²) in [5, 5.41) is 13.5. The Labute approximate surface area is 121 Å². The molecule has 19 heavy (non-hydrogen) atoms. The molecule has 4 unspecified atom stereocenters. The highest BCUT2D eigenvalue weighted by molar-refractivity contribution is 7.99. The Kier molecular flexibility index (Phi) is 6.99. The van der Waals surface area contributed by atoms with Gasteiger partial charge in [0.15, 0.2) is 0 Å². The molecule has 1 saturated carbocycles. The number of hydrogen-bond donors (Lipinski definition) is 2. The van der Waals surface area contributed by atoms with Crippen LogP contribution in [0.3, 0.4) is 0 Å². The molecular formula is C15H29NO2S. The van der Waals surface area contributed by atoms with E-state index < -0.39 is 0 Å². The maximum atomic E-state index is 10.0. The molecule has 1 aliphatic carbocycles. The average Bonchev–Trinajstić information content (AvgIpc) is 2.45. The normalized spacial score (nSPS) is 34.1. The summed E-state index contributed by atoms with van der Waals surface area (Å²) in [5.41, 5.74) is 0. The van der Waals surface area contributed by atoms with E-state index in [1.807, 2.05) is 11.8 Å². The predicted octanol–water partition coefficient (Wildman–Crippen LogP) is 2.43. The summed E-state index contributed by atoms with van der Waals surface area (Å²) in [7, 11) is 0. The highest BCUT2D eigenvalue weighted by atomic mass is 32.2. The van der Waals surface area contributed by atoms with Crippen LogP contribution in [0.25, 0.3) is 0 Å². The lowest BCUT2D eigenvalue weighted by Crippen LogP contribution is -2.41. The Morgan fingerprint density at radius 2 is 2.11 bits per heavy atom. The van der Waals surface area contributed by atoms with Gasteiger partial charge in [-0.15, -0.1) is 0 Å². The van der Waals surface area contributed by atoms with Crippen molar-refractivity contribution in [2.75, 3.05) is 24.7 Å². The lowest BCUT2D eigenvalue weighted by molar-refractivity contribution is -0.0455. The Balaban J connectivity index is 1.57. The largest absolute Gasteiger partial charge is 0.389 e. The number of hydrogen-bond acceptors (Lipinski definition) is 4. The fourth-order valence-electron chi connectivity index (χ4n) is 3.03. The Bertz CT molecular complexity index is 246. The van der Waals surface area contributed by atoms with Crippen molar-refractivity contribution in [1.82, 2.24) is 5.32 Å². The van der Waals surface area contributed by atoms with Gasteiger partial charge in [-0.05, 0) is 37.4 Å². The van der Waals surface area contributed by atoms with Gasteiger partial charge in [0.05, 0.1) is 18.8 Å². The molecular weight excluding hydrogens is 258 g/mol. The van der Waals surface area contributed by atoms with Gasteiger partial charge in [-0.3, -0.25) is 0 Å². The van der Waals surface area contributed by atoms with E-state index in [4.69, 9.17) is 4.74 Å². The van der Waals surface area contributed by atoms with Crippen molar-refractivity contribution in [3.63, 3.8) is 0 Å². The molecule has 0 aromatic carbocycles. The van der Waals surface area contributed by atoms with Crippen molar-refractivity contribution >= 4 is 11.8 Å². The third kappa shape index (κ3) is 5.62. The van der Waals surface area contributed by atoms with E-state index in [0.717, 1.165) is 0 Å². The Hall–Kier alpha value is 0.230. The molecule has 2 fully saturated rings. The number of aliphatic hydroxyl groups excluding tert-OH is 1. The van der Waals surface area contributed by atoms with Crippen LogP contribution in [-0.4, -0.2) is 48.0 Å². The topological polar surface area (TPSA) is 41.5 Å². The summed E-state index contributed by atoms with van der Waals surface area (Å²) in [5.74, 6) is 3.14. The minimum Gasteiger partial charge on any atom is -0.389 e. The SMILES string of the molecule is CC1CCCCC1OCC(O)CNC1CCCSC1. The zero-order valence-corrected chi connectivity index (χ0v) is 13.0. The van der Waals surface area contributed by atoms with Gasteiger partial charge in [0, 0.05) is 18.3 Å². The maximum absolute atomic E-state index is 10.0. The van der Waals surface area contributed by atoms with Crippen LogP contribution < -0.4 is 5.32 Å². The van der Waals surface area contributed by atoms with Crippen LogP contribution in [0.5, 0.6) is 0 Å². The van der Waals surface area contributed by atoms with E-state index in [0.29, 0.717) is 31.2 Å². The van der Waals surface area contributed by atoms with E-state index >= 15 is 0 Å². The van der Waals surface area contributed by atoms with Crippen LogP contribution in [0.1, 0.15) is 45.4 Å². The highest BCUT2D eigenvalue weighted by Crippen LogP contribution is 2.26. The number of ether oxygens (including phenoxy) is 1. The first-order chi connectivity index (χ1) is 9.25. The minimum absolute atomic E-state index is 0.360. The second-order valence-electron chi connectivity index (χ2n) is 6.11. The van der Waals surface area contributed by atoms with Gasteiger partial charge in [-0.25, -0.2) is 0 Å². The molecule has 0 amide bonds. The summed E-state index contributed by atoms with van der Waals surface area (Å²) in [6.45, 7) is 3.43. The van der Waals surface area contributed by atoms with Gasteiger partial charge >= 0.3 is 0 Å². The van der Waals surface area contributed by atoms with E-state index in [-0.39, 0.29) is 6.10 Å². The van der Waals surface area contributed by atoms with Crippen molar-refractivity contribution in [2.24, 2.45) is 5.92 Å². The van der Waals surface area contributed by atoms with Crippen LogP contribution in [0, 0.1) is 5.92 Å². The average molecular weight is 287 g/mol. The first-order valence-electron chi connectivity index (χ1n) is 7.86. The lowest BCUT2D eigenvalue weighted by atomic mass is 9.88. The fraction of sp³-hybridized carbons (Fsp3) is 1.00. The number of aliphatic hydroxyl groups is 1. The molecule has 0 aromatic heterocycles. The van der Waals surface area contributed by atoms with Gasteiger partial charge in [0.2, 0.25) is 0 Å². The zero-order chi connectivity index (χ0) is 13.5. The fourth-order valence-corrected chi connectivity index (χ4v) is 4.13. The van der Waals surface area contributed by atoms with E-state index in [1.165, 1.54) is 50.0 Å². The molecule has 2 aliphatic rings. The van der Waals surface area contributed by atoms with Crippen LogP contribution in [0.15, 0.2) is 0 Å². The summed E-state index contributed by atoms with van der Waals surface area (Å²) < 4.78 is 5.90. The minimum atomic E-state index is -0.360. The molecule has 112 valence electrons. The van der Waals surface area contributed by atoms with Crippen molar-refractivity contribution in [2.45, 2.75) is 63.7 Å². The van der Waals surface area contributed by atoms with Crippen LogP contribution in [0.4, 0.5) is 0 Å². The first kappa shape index (κ1) is 15.6. The van der Waals surface area contributed by atoms with E-state index in [9.17, 15) is 5.11 Å². The Morgan fingerprint density at radius 3 is 2.84 bits per heavy atom. The molecule has 0 bridgehead atoms. The maximum Gasteiger partial charge on any atom is 0.0897 e. The third-order valence-corrected chi connectivity index (χ3v) is 5.55. The van der Waals surface area contributed by atoms with Crippen LogP contribution >= 0.6 is 11.8 Å². The summed E-state index contributed by atoms with van der Waals surface area (Å²) in [6, 6.07) is 0.585. The van der Waals surface area contributed by atoms with Gasteiger partial charge in [0.25, 0.3) is 0 Å². The Morgan fingerprint density at radius 1 is 1.26 bits per heavy atom. The van der Waals surface area contributed by atoms with Crippen molar-refractivity contribution in [1.29, 1.82) is 0 Å². The molecule has 2 N–H and O–H groups in total. The number of nitrogens with one attached hydrogen (secondary N) is 1. The van der Waals surface area contributed by atoms with Gasteiger partial charge in [0.1, 0.15) is 0 Å². The summed E-state index contributed by atoms with van der Waals surface area (Å²) in [6.07, 6.45) is 7.62. The summed E-state index contributed by atoms with van der Waals surface area (Å²) in [4.78, 5) is 0. The molecule has 3 nitrogen and oxygen atoms in total. The van der Waals surface area contributed by atoms with Crippen molar-refractivity contribution in [3.8, 4) is 0 Å². The molecule has 0 spiro atoms. The molecule has 2 rings (SSSR count). The van der Waals surface area contributed by atoms with Crippen LogP contribution in [0.2, 0.25) is 0 Å². The molecule has 1 saturated heterocycles. The molecule has 0 radical (unpaired) electrons. The third-order valence-electron chi connectivity index (χ3n) is 4.34. The first-order valence-corrected chi connectivity index (χ1v) is 9.02. The van der Waals surface area contributed by atoms with Gasteiger partial charge in [-0.1, -0.05) is 19.8 Å².